The summed E-state index contributed by atoms with van der Waals surface area (Å²) in [5.74, 6) is 1.11. The molecule has 1 aromatic rings. The summed E-state index contributed by atoms with van der Waals surface area (Å²) in [4.78, 5) is 4.21. The number of ether oxygens (including phenoxy) is 1. The van der Waals surface area contributed by atoms with Crippen molar-refractivity contribution in [1.82, 2.24) is 10.1 Å². The third-order valence-electron chi connectivity index (χ3n) is 2.01. The Morgan fingerprint density at radius 2 is 2.21 bits per heavy atom. The maximum atomic E-state index is 5.62. The standard InChI is InChI=1S/C9H17N3O2/c1-6(10)5-7-11-8(12-14-7)9(2,3)13-4/h6H,5,10H2,1-4H3. The van der Waals surface area contributed by atoms with E-state index >= 15 is 0 Å². The van der Waals surface area contributed by atoms with Gasteiger partial charge in [-0.25, -0.2) is 0 Å². The summed E-state index contributed by atoms with van der Waals surface area (Å²) in [5, 5.41) is 3.85. The number of methoxy groups -OCH3 is 1. The molecule has 0 saturated heterocycles. The van der Waals surface area contributed by atoms with Gasteiger partial charge in [-0.05, 0) is 20.8 Å². The zero-order valence-electron chi connectivity index (χ0n) is 9.07. The van der Waals surface area contributed by atoms with Crippen LogP contribution in [0.4, 0.5) is 0 Å². The molecule has 80 valence electrons. The van der Waals surface area contributed by atoms with Crippen LogP contribution in [-0.4, -0.2) is 23.3 Å². The first-order valence-electron chi connectivity index (χ1n) is 4.59. The summed E-state index contributed by atoms with van der Waals surface area (Å²) in [5.41, 5.74) is 5.10. The summed E-state index contributed by atoms with van der Waals surface area (Å²) in [6.07, 6.45) is 0.590. The van der Waals surface area contributed by atoms with Crippen LogP contribution in [0.1, 0.15) is 32.5 Å². The van der Waals surface area contributed by atoms with Crippen molar-refractivity contribution >= 4 is 0 Å². The molecule has 14 heavy (non-hydrogen) atoms. The Hall–Kier alpha value is -0.940. The van der Waals surface area contributed by atoms with Crippen molar-refractivity contribution in [3.8, 4) is 0 Å². The van der Waals surface area contributed by atoms with Gasteiger partial charge in [-0.15, -0.1) is 0 Å². The maximum Gasteiger partial charge on any atom is 0.228 e. The van der Waals surface area contributed by atoms with Crippen molar-refractivity contribution in [3.63, 3.8) is 0 Å². The molecule has 0 bridgehead atoms. The molecule has 1 atom stereocenters. The molecule has 0 spiro atoms. The minimum Gasteiger partial charge on any atom is -0.371 e. The van der Waals surface area contributed by atoms with Crippen LogP contribution in [0.15, 0.2) is 4.52 Å². The van der Waals surface area contributed by atoms with Gasteiger partial charge in [0.15, 0.2) is 0 Å². The van der Waals surface area contributed by atoms with Crippen molar-refractivity contribution in [3.05, 3.63) is 11.7 Å². The second-order valence-electron chi connectivity index (χ2n) is 3.91. The van der Waals surface area contributed by atoms with Crippen LogP contribution in [0.2, 0.25) is 0 Å². The smallest absolute Gasteiger partial charge is 0.228 e. The molecule has 1 rings (SSSR count). The van der Waals surface area contributed by atoms with Crippen LogP contribution in [0.5, 0.6) is 0 Å². The lowest BCUT2D eigenvalue weighted by molar-refractivity contribution is 0.00973. The molecule has 1 heterocycles. The third kappa shape index (κ3) is 2.52. The van der Waals surface area contributed by atoms with E-state index in [-0.39, 0.29) is 6.04 Å². The van der Waals surface area contributed by atoms with Gasteiger partial charge < -0.3 is 15.0 Å². The summed E-state index contributed by atoms with van der Waals surface area (Å²) < 4.78 is 10.3. The Bertz CT molecular complexity index is 294. The molecule has 5 heteroatoms. The minimum absolute atomic E-state index is 0.0222. The molecule has 2 N–H and O–H groups in total. The number of rotatable bonds is 4. The third-order valence-corrected chi connectivity index (χ3v) is 2.01. The van der Waals surface area contributed by atoms with E-state index in [0.717, 1.165) is 0 Å². The van der Waals surface area contributed by atoms with Gasteiger partial charge in [0.25, 0.3) is 0 Å². The fourth-order valence-electron chi connectivity index (χ4n) is 0.949. The van der Waals surface area contributed by atoms with Gasteiger partial charge in [0.2, 0.25) is 11.7 Å². The molecule has 0 radical (unpaired) electrons. The molecule has 0 amide bonds. The van der Waals surface area contributed by atoms with Gasteiger partial charge in [-0.3, -0.25) is 0 Å². The molecule has 0 aliphatic carbocycles. The highest BCUT2D eigenvalue weighted by Gasteiger charge is 2.26. The van der Waals surface area contributed by atoms with E-state index < -0.39 is 5.60 Å². The quantitative estimate of drug-likeness (QED) is 0.777. The van der Waals surface area contributed by atoms with E-state index in [1.54, 1.807) is 7.11 Å². The Kier molecular flexibility index (Phi) is 3.23. The van der Waals surface area contributed by atoms with Crippen LogP contribution in [-0.2, 0) is 16.8 Å². The van der Waals surface area contributed by atoms with Gasteiger partial charge in [0.1, 0.15) is 5.60 Å². The van der Waals surface area contributed by atoms with Gasteiger partial charge in [-0.2, -0.15) is 4.98 Å². The lowest BCUT2D eigenvalue weighted by Crippen LogP contribution is -2.22. The molecule has 1 aromatic heterocycles. The number of hydrogen-bond donors (Lipinski definition) is 1. The Labute approximate surface area is 83.6 Å². The largest absolute Gasteiger partial charge is 0.371 e. The summed E-state index contributed by atoms with van der Waals surface area (Å²) in [6, 6.07) is 0.0222. The molecule has 0 fully saturated rings. The number of aromatic nitrogens is 2. The van der Waals surface area contributed by atoms with E-state index in [9.17, 15) is 0 Å². The lowest BCUT2D eigenvalue weighted by Gasteiger charge is -2.17. The zero-order valence-corrected chi connectivity index (χ0v) is 9.07. The molecule has 0 aromatic carbocycles. The first kappa shape index (κ1) is 11.1. The van der Waals surface area contributed by atoms with Gasteiger partial charge in [-0.1, -0.05) is 5.16 Å². The topological polar surface area (TPSA) is 74.2 Å². The normalized spacial score (nSPS) is 14.4. The fourth-order valence-corrected chi connectivity index (χ4v) is 0.949. The Morgan fingerprint density at radius 3 is 2.71 bits per heavy atom. The Balaban J connectivity index is 2.77. The predicted octanol–water partition coefficient (Wildman–Crippen LogP) is 0.841. The van der Waals surface area contributed by atoms with Crippen LogP contribution >= 0.6 is 0 Å². The first-order valence-corrected chi connectivity index (χ1v) is 4.59. The average Bonchev–Trinajstić information content (AvgIpc) is 2.52. The van der Waals surface area contributed by atoms with Gasteiger partial charge in [0, 0.05) is 19.6 Å². The molecular weight excluding hydrogens is 182 g/mol. The highest BCUT2D eigenvalue weighted by atomic mass is 16.5. The van der Waals surface area contributed by atoms with E-state index in [4.69, 9.17) is 15.0 Å². The second kappa shape index (κ2) is 4.06. The fraction of sp³-hybridized carbons (Fsp3) is 0.778. The van der Waals surface area contributed by atoms with Crippen LogP contribution in [0, 0.1) is 0 Å². The molecule has 1 unspecified atom stereocenters. The zero-order chi connectivity index (χ0) is 10.8. The minimum atomic E-state index is -0.514. The predicted molar refractivity (Wildman–Crippen MR) is 51.7 cm³/mol. The second-order valence-corrected chi connectivity index (χ2v) is 3.91. The summed E-state index contributed by atoms with van der Waals surface area (Å²) in [6.45, 7) is 5.66. The van der Waals surface area contributed by atoms with E-state index in [1.807, 2.05) is 20.8 Å². The number of nitrogens with zero attached hydrogens (tertiary/aromatic N) is 2. The van der Waals surface area contributed by atoms with Crippen molar-refractivity contribution in [1.29, 1.82) is 0 Å². The van der Waals surface area contributed by atoms with Crippen LogP contribution < -0.4 is 5.73 Å². The van der Waals surface area contributed by atoms with E-state index in [1.165, 1.54) is 0 Å². The molecule has 0 saturated carbocycles. The van der Waals surface area contributed by atoms with E-state index in [2.05, 4.69) is 10.1 Å². The number of hydrogen-bond acceptors (Lipinski definition) is 5. The molecule has 5 nitrogen and oxygen atoms in total. The SMILES string of the molecule is COC(C)(C)c1noc(CC(C)N)n1. The summed E-state index contributed by atoms with van der Waals surface area (Å²) >= 11 is 0. The van der Waals surface area contributed by atoms with Crippen molar-refractivity contribution in [2.24, 2.45) is 5.73 Å². The van der Waals surface area contributed by atoms with Crippen molar-refractivity contribution in [2.45, 2.75) is 38.8 Å². The average molecular weight is 199 g/mol. The van der Waals surface area contributed by atoms with E-state index in [0.29, 0.717) is 18.1 Å². The van der Waals surface area contributed by atoms with Gasteiger partial charge in [0.05, 0.1) is 0 Å². The molecular formula is C9H17N3O2. The van der Waals surface area contributed by atoms with Crippen molar-refractivity contribution < 1.29 is 9.26 Å². The first-order chi connectivity index (χ1) is 6.45. The number of nitrogens with two attached hydrogens (primary N) is 1. The maximum absolute atomic E-state index is 5.62. The van der Waals surface area contributed by atoms with Crippen LogP contribution in [0.25, 0.3) is 0 Å². The molecule has 0 aliphatic heterocycles. The lowest BCUT2D eigenvalue weighted by atomic mass is 10.1. The van der Waals surface area contributed by atoms with Crippen molar-refractivity contribution in [2.75, 3.05) is 7.11 Å². The highest BCUT2D eigenvalue weighted by Crippen LogP contribution is 2.20. The van der Waals surface area contributed by atoms with Gasteiger partial charge >= 0.3 is 0 Å². The van der Waals surface area contributed by atoms with Crippen LogP contribution in [0.3, 0.4) is 0 Å². The Morgan fingerprint density at radius 1 is 1.57 bits per heavy atom. The molecule has 0 aliphatic rings. The monoisotopic (exact) mass is 199 g/mol. The highest BCUT2D eigenvalue weighted by molar-refractivity contribution is 4.97. The summed E-state index contributed by atoms with van der Waals surface area (Å²) in [7, 11) is 1.61.